The molecule has 0 saturated carbocycles. The second kappa shape index (κ2) is 4.01. The van der Waals surface area contributed by atoms with E-state index in [4.69, 9.17) is 5.11 Å². The standard InChI is InChI=1S/C12H17NO/c1-2-9-3-4-10-5-6-11(8-14)13-12(10)7-9/h3-4,7,11,13-14H,2,5-6,8H2,1H3/t11-/m1/s1. The van der Waals surface area contributed by atoms with Gasteiger partial charge in [0.1, 0.15) is 0 Å². The van der Waals surface area contributed by atoms with E-state index in [1.165, 1.54) is 16.8 Å². The van der Waals surface area contributed by atoms with Crippen molar-refractivity contribution in [3.8, 4) is 0 Å². The largest absolute Gasteiger partial charge is 0.394 e. The van der Waals surface area contributed by atoms with Gasteiger partial charge >= 0.3 is 0 Å². The van der Waals surface area contributed by atoms with Gasteiger partial charge in [-0.1, -0.05) is 19.1 Å². The van der Waals surface area contributed by atoms with E-state index in [9.17, 15) is 0 Å². The third kappa shape index (κ3) is 1.75. The monoisotopic (exact) mass is 191 g/mol. The Morgan fingerprint density at radius 2 is 2.36 bits per heavy atom. The van der Waals surface area contributed by atoms with E-state index in [0.29, 0.717) is 0 Å². The van der Waals surface area contributed by atoms with Crippen LogP contribution in [-0.4, -0.2) is 17.8 Å². The maximum absolute atomic E-state index is 9.08. The number of hydrogen-bond acceptors (Lipinski definition) is 2. The molecule has 1 atom stereocenters. The van der Waals surface area contributed by atoms with Crippen molar-refractivity contribution < 1.29 is 5.11 Å². The number of fused-ring (bicyclic) bond motifs is 1. The molecule has 76 valence electrons. The molecule has 2 rings (SSSR count). The smallest absolute Gasteiger partial charge is 0.0632 e. The molecule has 2 N–H and O–H groups in total. The summed E-state index contributed by atoms with van der Waals surface area (Å²) in [5.41, 5.74) is 3.95. The van der Waals surface area contributed by atoms with Gasteiger partial charge in [0, 0.05) is 11.7 Å². The summed E-state index contributed by atoms with van der Waals surface area (Å²) >= 11 is 0. The van der Waals surface area contributed by atoms with Gasteiger partial charge in [-0.3, -0.25) is 0 Å². The first kappa shape index (κ1) is 9.53. The van der Waals surface area contributed by atoms with E-state index in [0.717, 1.165) is 19.3 Å². The highest BCUT2D eigenvalue weighted by Gasteiger charge is 2.16. The topological polar surface area (TPSA) is 32.3 Å². The zero-order chi connectivity index (χ0) is 9.97. The van der Waals surface area contributed by atoms with Crippen molar-refractivity contribution in [2.75, 3.05) is 11.9 Å². The Hall–Kier alpha value is -1.02. The Labute approximate surface area is 85.0 Å². The minimum atomic E-state index is 0.232. The predicted molar refractivity (Wildman–Crippen MR) is 58.6 cm³/mol. The maximum Gasteiger partial charge on any atom is 0.0632 e. The van der Waals surface area contributed by atoms with Gasteiger partial charge in [0.15, 0.2) is 0 Å². The molecule has 14 heavy (non-hydrogen) atoms. The molecule has 0 aliphatic carbocycles. The minimum absolute atomic E-state index is 0.232. The summed E-state index contributed by atoms with van der Waals surface area (Å²) in [6, 6.07) is 6.85. The molecule has 0 unspecified atom stereocenters. The maximum atomic E-state index is 9.08. The van der Waals surface area contributed by atoms with Gasteiger partial charge < -0.3 is 10.4 Å². The number of hydrogen-bond donors (Lipinski definition) is 2. The molecule has 1 aliphatic heterocycles. The lowest BCUT2D eigenvalue weighted by Gasteiger charge is -2.26. The highest BCUT2D eigenvalue weighted by Crippen LogP contribution is 2.25. The van der Waals surface area contributed by atoms with E-state index in [-0.39, 0.29) is 12.6 Å². The van der Waals surface area contributed by atoms with Crippen LogP contribution in [0.5, 0.6) is 0 Å². The Kier molecular flexibility index (Phi) is 2.73. The van der Waals surface area contributed by atoms with Crippen LogP contribution in [0.3, 0.4) is 0 Å². The van der Waals surface area contributed by atoms with Crippen molar-refractivity contribution in [1.29, 1.82) is 0 Å². The number of nitrogens with one attached hydrogen (secondary N) is 1. The van der Waals surface area contributed by atoms with E-state index >= 15 is 0 Å². The second-order valence-electron chi connectivity index (χ2n) is 3.91. The molecular weight excluding hydrogens is 174 g/mol. The normalized spacial score (nSPS) is 20.0. The number of benzene rings is 1. The first-order valence-electron chi connectivity index (χ1n) is 5.32. The summed E-state index contributed by atoms with van der Waals surface area (Å²) in [5.74, 6) is 0. The number of aryl methyl sites for hydroxylation is 2. The Balaban J connectivity index is 2.25. The lowest BCUT2D eigenvalue weighted by molar-refractivity contribution is 0.267. The van der Waals surface area contributed by atoms with Crippen LogP contribution in [0.4, 0.5) is 5.69 Å². The van der Waals surface area contributed by atoms with Crippen LogP contribution >= 0.6 is 0 Å². The van der Waals surface area contributed by atoms with E-state index in [1.54, 1.807) is 0 Å². The highest BCUT2D eigenvalue weighted by molar-refractivity contribution is 5.55. The molecule has 1 aliphatic rings. The lowest BCUT2D eigenvalue weighted by Crippen LogP contribution is -2.28. The minimum Gasteiger partial charge on any atom is -0.394 e. The molecule has 0 saturated heterocycles. The Bertz CT molecular complexity index is 322. The van der Waals surface area contributed by atoms with E-state index in [1.807, 2.05) is 0 Å². The summed E-state index contributed by atoms with van der Waals surface area (Å²) in [7, 11) is 0. The van der Waals surface area contributed by atoms with Crippen LogP contribution in [0.15, 0.2) is 18.2 Å². The van der Waals surface area contributed by atoms with Crippen LogP contribution in [0.2, 0.25) is 0 Å². The molecular formula is C12H17NO. The van der Waals surface area contributed by atoms with Crippen molar-refractivity contribution in [2.45, 2.75) is 32.2 Å². The first-order valence-corrected chi connectivity index (χ1v) is 5.32. The quantitative estimate of drug-likeness (QED) is 0.749. The molecule has 0 bridgehead atoms. The number of anilines is 1. The van der Waals surface area contributed by atoms with Gasteiger partial charge in [-0.05, 0) is 36.5 Å². The molecule has 1 aromatic carbocycles. The van der Waals surface area contributed by atoms with Crippen molar-refractivity contribution in [2.24, 2.45) is 0 Å². The fourth-order valence-corrected chi connectivity index (χ4v) is 1.95. The molecule has 1 aromatic rings. The van der Waals surface area contributed by atoms with E-state index in [2.05, 4.69) is 30.4 Å². The van der Waals surface area contributed by atoms with Crippen molar-refractivity contribution in [1.82, 2.24) is 0 Å². The van der Waals surface area contributed by atoms with Crippen LogP contribution < -0.4 is 5.32 Å². The van der Waals surface area contributed by atoms with Gasteiger partial charge in [-0.15, -0.1) is 0 Å². The van der Waals surface area contributed by atoms with Gasteiger partial charge in [0.05, 0.1) is 6.61 Å². The molecule has 0 aromatic heterocycles. The summed E-state index contributed by atoms with van der Waals surface area (Å²) < 4.78 is 0. The van der Waals surface area contributed by atoms with Crippen molar-refractivity contribution in [3.05, 3.63) is 29.3 Å². The second-order valence-corrected chi connectivity index (χ2v) is 3.91. The average Bonchev–Trinajstić information content (AvgIpc) is 2.27. The summed E-state index contributed by atoms with van der Waals surface area (Å²) in [6.07, 6.45) is 3.19. The average molecular weight is 191 g/mol. The Morgan fingerprint density at radius 3 is 3.07 bits per heavy atom. The zero-order valence-electron chi connectivity index (χ0n) is 8.59. The van der Waals surface area contributed by atoms with Crippen molar-refractivity contribution >= 4 is 5.69 Å². The van der Waals surface area contributed by atoms with Gasteiger partial charge in [-0.25, -0.2) is 0 Å². The fourth-order valence-electron chi connectivity index (χ4n) is 1.95. The summed E-state index contributed by atoms with van der Waals surface area (Å²) in [5, 5.41) is 12.5. The van der Waals surface area contributed by atoms with Crippen LogP contribution in [0.25, 0.3) is 0 Å². The van der Waals surface area contributed by atoms with Crippen LogP contribution in [0, 0.1) is 0 Å². The Morgan fingerprint density at radius 1 is 1.50 bits per heavy atom. The molecule has 0 fully saturated rings. The molecule has 2 nitrogen and oxygen atoms in total. The fraction of sp³-hybridized carbons (Fsp3) is 0.500. The lowest BCUT2D eigenvalue weighted by atomic mass is 9.96. The number of rotatable bonds is 2. The molecule has 1 heterocycles. The molecule has 0 spiro atoms. The third-order valence-corrected chi connectivity index (χ3v) is 2.92. The van der Waals surface area contributed by atoms with E-state index < -0.39 is 0 Å². The molecule has 0 radical (unpaired) electrons. The first-order chi connectivity index (χ1) is 6.83. The molecule has 0 amide bonds. The van der Waals surface area contributed by atoms with Gasteiger partial charge in [-0.2, -0.15) is 0 Å². The number of aliphatic hydroxyl groups is 1. The number of aliphatic hydroxyl groups excluding tert-OH is 1. The van der Waals surface area contributed by atoms with Gasteiger partial charge in [0.25, 0.3) is 0 Å². The summed E-state index contributed by atoms with van der Waals surface area (Å²) in [6.45, 7) is 2.39. The van der Waals surface area contributed by atoms with Gasteiger partial charge in [0.2, 0.25) is 0 Å². The highest BCUT2D eigenvalue weighted by atomic mass is 16.3. The third-order valence-electron chi connectivity index (χ3n) is 2.92. The van der Waals surface area contributed by atoms with Crippen LogP contribution in [-0.2, 0) is 12.8 Å². The predicted octanol–water partition coefficient (Wildman–Crippen LogP) is 1.97. The SMILES string of the molecule is CCc1ccc2c(c1)N[C@@H](CO)CC2. The van der Waals surface area contributed by atoms with Crippen molar-refractivity contribution in [3.63, 3.8) is 0 Å². The summed E-state index contributed by atoms with van der Waals surface area (Å²) in [4.78, 5) is 0. The zero-order valence-corrected chi connectivity index (χ0v) is 8.59. The van der Waals surface area contributed by atoms with Crippen LogP contribution in [0.1, 0.15) is 24.5 Å². The molecule has 2 heteroatoms.